The molecule has 0 bridgehead atoms. The van der Waals surface area contributed by atoms with Crippen molar-refractivity contribution >= 4 is 17.5 Å². The highest BCUT2D eigenvalue weighted by Crippen LogP contribution is 2.13. The third-order valence-electron chi connectivity index (χ3n) is 2.95. The van der Waals surface area contributed by atoms with Gasteiger partial charge in [0.2, 0.25) is 5.91 Å². The van der Waals surface area contributed by atoms with E-state index < -0.39 is 0 Å². The van der Waals surface area contributed by atoms with Crippen LogP contribution in [-0.2, 0) is 4.79 Å². The molecule has 2 amide bonds. The van der Waals surface area contributed by atoms with E-state index in [2.05, 4.69) is 5.32 Å². The van der Waals surface area contributed by atoms with Gasteiger partial charge in [0.1, 0.15) is 0 Å². The molecule has 0 heterocycles. The number of carbonyl (C=O) groups excluding carboxylic acids is 2. The molecule has 3 N–H and O–H groups in total. The van der Waals surface area contributed by atoms with E-state index in [0.29, 0.717) is 24.3 Å². The molecule has 1 aromatic carbocycles. The molecule has 1 atom stereocenters. The number of hydrogen-bond acceptors (Lipinski definition) is 3. The summed E-state index contributed by atoms with van der Waals surface area (Å²) in [5, 5.41) is 2.75. The minimum atomic E-state index is -0.185. The van der Waals surface area contributed by atoms with E-state index in [-0.39, 0.29) is 24.3 Å². The van der Waals surface area contributed by atoms with Gasteiger partial charge in [-0.15, -0.1) is 0 Å². The second-order valence-electron chi connectivity index (χ2n) is 4.79. The Morgan fingerprint density at radius 1 is 1.30 bits per heavy atom. The van der Waals surface area contributed by atoms with Crippen LogP contribution in [-0.4, -0.2) is 35.8 Å². The molecule has 0 spiro atoms. The standard InChI is InChI=1S/C15H23N3O2/c1-4-18(5-2)15(20)12-7-6-8-13(10-12)17-14(19)9-11(3)16/h6-8,10-11H,4-5,9,16H2,1-3H3,(H,17,19). The summed E-state index contributed by atoms with van der Waals surface area (Å²) in [4.78, 5) is 25.6. The van der Waals surface area contributed by atoms with Crippen LogP contribution in [0.25, 0.3) is 0 Å². The van der Waals surface area contributed by atoms with Gasteiger partial charge in [0.15, 0.2) is 0 Å². The summed E-state index contributed by atoms with van der Waals surface area (Å²) in [5.74, 6) is -0.175. The van der Waals surface area contributed by atoms with Crippen LogP contribution in [0.3, 0.4) is 0 Å². The van der Waals surface area contributed by atoms with Gasteiger partial charge < -0.3 is 16.0 Å². The average molecular weight is 277 g/mol. The number of rotatable bonds is 6. The predicted octanol–water partition coefficient (Wildman–Crippen LogP) is 1.84. The van der Waals surface area contributed by atoms with Crippen molar-refractivity contribution in [3.63, 3.8) is 0 Å². The first-order valence-electron chi connectivity index (χ1n) is 6.92. The molecular formula is C15H23N3O2. The third-order valence-corrected chi connectivity index (χ3v) is 2.95. The summed E-state index contributed by atoms with van der Waals surface area (Å²) < 4.78 is 0. The van der Waals surface area contributed by atoms with Crippen LogP contribution in [0.1, 0.15) is 37.6 Å². The Morgan fingerprint density at radius 3 is 2.50 bits per heavy atom. The van der Waals surface area contributed by atoms with E-state index in [4.69, 9.17) is 5.73 Å². The van der Waals surface area contributed by atoms with E-state index >= 15 is 0 Å². The fourth-order valence-corrected chi connectivity index (χ4v) is 1.93. The first-order valence-corrected chi connectivity index (χ1v) is 6.92. The van der Waals surface area contributed by atoms with Gasteiger partial charge in [-0.3, -0.25) is 9.59 Å². The monoisotopic (exact) mass is 277 g/mol. The minimum absolute atomic E-state index is 0.0294. The summed E-state index contributed by atoms with van der Waals surface area (Å²) in [6.45, 7) is 6.98. The Hall–Kier alpha value is -1.88. The molecule has 110 valence electrons. The third kappa shape index (κ3) is 4.66. The normalized spacial score (nSPS) is 11.8. The Kier molecular flexibility index (Phi) is 6.18. The highest BCUT2D eigenvalue weighted by Gasteiger charge is 2.13. The second kappa shape index (κ2) is 7.65. The molecule has 20 heavy (non-hydrogen) atoms. The lowest BCUT2D eigenvalue weighted by molar-refractivity contribution is -0.116. The first kappa shape index (κ1) is 16.2. The van der Waals surface area contributed by atoms with Crippen molar-refractivity contribution in [1.82, 2.24) is 4.90 Å². The molecule has 0 aromatic heterocycles. The van der Waals surface area contributed by atoms with E-state index in [9.17, 15) is 9.59 Å². The molecule has 0 aliphatic rings. The summed E-state index contributed by atoms with van der Waals surface area (Å²) in [6, 6.07) is 6.79. The maximum atomic E-state index is 12.2. The smallest absolute Gasteiger partial charge is 0.253 e. The number of nitrogens with zero attached hydrogens (tertiary/aromatic N) is 1. The van der Waals surface area contributed by atoms with Crippen LogP contribution in [0.4, 0.5) is 5.69 Å². The van der Waals surface area contributed by atoms with Crippen molar-refractivity contribution in [2.75, 3.05) is 18.4 Å². The molecular weight excluding hydrogens is 254 g/mol. The summed E-state index contributed by atoms with van der Waals surface area (Å²) in [7, 11) is 0. The fourth-order valence-electron chi connectivity index (χ4n) is 1.93. The van der Waals surface area contributed by atoms with Crippen molar-refractivity contribution in [2.24, 2.45) is 5.73 Å². The Balaban J connectivity index is 2.80. The SMILES string of the molecule is CCN(CC)C(=O)c1cccc(NC(=O)CC(C)N)c1. The highest BCUT2D eigenvalue weighted by molar-refractivity contribution is 5.97. The van der Waals surface area contributed by atoms with Crippen molar-refractivity contribution in [3.05, 3.63) is 29.8 Å². The van der Waals surface area contributed by atoms with Crippen molar-refractivity contribution < 1.29 is 9.59 Å². The highest BCUT2D eigenvalue weighted by atomic mass is 16.2. The van der Waals surface area contributed by atoms with Crippen LogP contribution in [0.15, 0.2) is 24.3 Å². The Morgan fingerprint density at radius 2 is 1.95 bits per heavy atom. The molecule has 0 radical (unpaired) electrons. The maximum Gasteiger partial charge on any atom is 0.253 e. The number of nitrogens with one attached hydrogen (secondary N) is 1. The number of carbonyl (C=O) groups is 2. The maximum absolute atomic E-state index is 12.2. The van der Waals surface area contributed by atoms with Crippen molar-refractivity contribution in [3.8, 4) is 0 Å². The van der Waals surface area contributed by atoms with E-state index in [1.54, 1.807) is 36.1 Å². The minimum Gasteiger partial charge on any atom is -0.339 e. The molecule has 0 saturated heterocycles. The van der Waals surface area contributed by atoms with Crippen molar-refractivity contribution in [1.29, 1.82) is 0 Å². The molecule has 1 rings (SSSR count). The van der Waals surface area contributed by atoms with Crippen LogP contribution in [0.5, 0.6) is 0 Å². The molecule has 0 aliphatic carbocycles. The number of hydrogen-bond donors (Lipinski definition) is 2. The first-order chi connectivity index (χ1) is 9.47. The molecule has 1 unspecified atom stereocenters. The second-order valence-corrected chi connectivity index (χ2v) is 4.79. The molecule has 5 nitrogen and oxygen atoms in total. The van der Waals surface area contributed by atoms with Crippen LogP contribution < -0.4 is 11.1 Å². The average Bonchev–Trinajstić information content (AvgIpc) is 2.39. The summed E-state index contributed by atoms with van der Waals surface area (Å²) in [6.07, 6.45) is 0.258. The van der Waals surface area contributed by atoms with Crippen LogP contribution in [0.2, 0.25) is 0 Å². The number of benzene rings is 1. The summed E-state index contributed by atoms with van der Waals surface area (Å²) in [5.41, 5.74) is 6.77. The van der Waals surface area contributed by atoms with E-state index in [1.165, 1.54) is 0 Å². The lowest BCUT2D eigenvalue weighted by atomic mass is 10.1. The van der Waals surface area contributed by atoms with Gasteiger partial charge in [-0.1, -0.05) is 6.07 Å². The molecule has 0 saturated carbocycles. The van der Waals surface area contributed by atoms with Gasteiger partial charge in [-0.2, -0.15) is 0 Å². The van der Waals surface area contributed by atoms with E-state index in [0.717, 1.165) is 0 Å². The zero-order chi connectivity index (χ0) is 15.1. The Bertz CT molecular complexity index is 468. The zero-order valence-electron chi connectivity index (χ0n) is 12.3. The lowest BCUT2D eigenvalue weighted by Crippen LogP contribution is -2.30. The topological polar surface area (TPSA) is 75.4 Å². The van der Waals surface area contributed by atoms with Crippen molar-refractivity contribution in [2.45, 2.75) is 33.2 Å². The zero-order valence-corrected chi connectivity index (χ0v) is 12.3. The fraction of sp³-hybridized carbons (Fsp3) is 0.467. The number of amides is 2. The number of nitrogens with two attached hydrogens (primary N) is 1. The Labute approximate surface area is 120 Å². The van der Waals surface area contributed by atoms with Crippen LogP contribution >= 0.6 is 0 Å². The van der Waals surface area contributed by atoms with Gasteiger partial charge in [-0.25, -0.2) is 0 Å². The van der Waals surface area contributed by atoms with E-state index in [1.807, 2.05) is 13.8 Å². The molecule has 1 aromatic rings. The molecule has 0 fully saturated rings. The van der Waals surface area contributed by atoms with Gasteiger partial charge in [0.05, 0.1) is 0 Å². The van der Waals surface area contributed by atoms with Gasteiger partial charge in [0, 0.05) is 36.8 Å². The van der Waals surface area contributed by atoms with Gasteiger partial charge >= 0.3 is 0 Å². The number of anilines is 1. The molecule has 0 aliphatic heterocycles. The predicted molar refractivity (Wildman–Crippen MR) is 80.6 cm³/mol. The molecule has 5 heteroatoms. The van der Waals surface area contributed by atoms with Crippen LogP contribution in [0, 0.1) is 0 Å². The lowest BCUT2D eigenvalue weighted by Gasteiger charge is -2.19. The largest absolute Gasteiger partial charge is 0.339 e. The quantitative estimate of drug-likeness (QED) is 0.833. The van der Waals surface area contributed by atoms with Gasteiger partial charge in [0.25, 0.3) is 5.91 Å². The summed E-state index contributed by atoms with van der Waals surface area (Å²) >= 11 is 0. The van der Waals surface area contributed by atoms with Gasteiger partial charge in [-0.05, 0) is 39.0 Å².